The fourth-order valence-corrected chi connectivity index (χ4v) is 3.82. The van der Waals surface area contributed by atoms with Crippen LogP contribution in [0.5, 0.6) is 5.75 Å². The summed E-state index contributed by atoms with van der Waals surface area (Å²) in [6.07, 6.45) is 1.32. The molecule has 0 radical (unpaired) electrons. The third-order valence-corrected chi connectivity index (χ3v) is 5.87. The molecule has 2 amide bonds. The summed E-state index contributed by atoms with van der Waals surface area (Å²) in [5.41, 5.74) is 1.79. The zero-order valence-electron chi connectivity index (χ0n) is 18.8. The van der Waals surface area contributed by atoms with Gasteiger partial charge < -0.3 is 24.2 Å². The lowest BCUT2D eigenvalue weighted by atomic mass is 9.86. The van der Waals surface area contributed by atoms with Crippen molar-refractivity contribution >= 4 is 11.7 Å². The third kappa shape index (κ3) is 5.56. The summed E-state index contributed by atoms with van der Waals surface area (Å²) in [6.45, 7) is 1.57. The van der Waals surface area contributed by atoms with E-state index in [2.05, 4.69) is 0 Å². The standard InChI is InChI=1S/C24H31FN2O5/c1-26(10-11-28)23(29)27(2)21-6-4-18(5-7-21)17-32-22-15-19(14-20(25)16-22)24(30-3)8-12-31-13-9-24/h4-7,14-16,28H,8-13,17H2,1-3H3. The zero-order chi connectivity index (χ0) is 23.1. The largest absolute Gasteiger partial charge is 0.489 e. The van der Waals surface area contributed by atoms with Crippen LogP contribution in [0.15, 0.2) is 42.5 Å². The van der Waals surface area contributed by atoms with Gasteiger partial charge in [0.25, 0.3) is 0 Å². The molecule has 1 aliphatic rings. The van der Waals surface area contributed by atoms with Gasteiger partial charge in [0.2, 0.25) is 0 Å². The number of likely N-dealkylation sites (N-methyl/N-ethyl adjacent to an activating group) is 1. The predicted molar refractivity (Wildman–Crippen MR) is 119 cm³/mol. The van der Waals surface area contributed by atoms with E-state index in [9.17, 15) is 9.18 Å². The number of carbonyl (C=O) groups excluding carboxylic acids is 1. The number of ether oxygens (including phenoxy) is 3. The van der Waals surface area contributed by atoms with Crippen molar-refractivity contribution in [3.8, 4) is 5.75 Å². The maximum atomic E-state index is 14.3. The van der Waals surface area contributed by atoms with Crippen LogP contribution in [0, 0.1) is 5.82 Å². The van der Waals surface area contributed by atoms with Crippen LogP contribution in [0.3, 0.4) is 0 Å². The van der Waals surface area contributed by atoms with Crippen molar-refractivity contribution in [1.29, 1.82) is 0 Å². The summed E-state index contributed by atoms with van der Waals surface area (Å²) in [4.78, 5) is 15.3. The maximum absolute atomic E-state index is 14.3. The minimum absolute atomic E-state index is 0.0899. The van der Waals surface area contributed by atoms with E-state index in [1.165, 1.54) is 21.9 Å². The molecule has 3 rings (SSSR count). The molecule has 0 aromatic heterocycles. The number of anilines is 1. The summed E-state index contributed by atoms with van der Waals surface area (Å²) in [5, 5.41) is 9.00. The predicted octanol–water partition coefficient (Wildman–Crippen LogP) is 3.54. The Kier molecular flexibility index (Phi) is 8.06. The van der Waals surface area contributed by atoms with Crippen molar-refractivity contribution in [3.63, 3.8) is 0 Å². The molecule has 1 N–H and O–H groups in total. The molecule has 32 heavy (non-hydrogen) atoms. The second-order valence-electron chi connectivity index (χ2n) is 7.93. The molecule has 1 saturated heterocycles. The lowest BCUT2D eigenvalue weighted by molar-refractivity contribution is -0.0950. The highest BCUT2D eigenvalue weighted by molar-refractivity contribution is 5.91. The van der Waals surface area contributed by atoms with Gasteiger partial charge in [0.15, 0.2) is 0 Å². The molecule has 0 unspecified atom stereocenters. The van der Waals surface area contributed by atoms with Gasteiger partial charge in [-0.25, -0.2) is 9.18 Å². The molecule has 2 aromatic rings. The van der Waals surface area contributed by atoms with Gasteiger partial charge in [-0.1, -0.05) is 12.1 Å². The number of nitrogens with zero attached hydrogens (tertiary/aromatic N) is 2. The minimum atomic E-state index is -0.569. The Bertz CT molecular complexity index is 900. The van der Waals surface area contributed by atoms with Gasteiger partial charge in [-0.05, 0) is 35.4 Å². The maximum Gasteiger partial charge on any atom is 0.324 e. The number of amides is 2. The summed E-state index contributed by atoms with van der Waals surface area (Å²) in [5.74, 6) is 0.0628. The normalized spacial score (nSPS) is 15.3. The van der Waals surface area contributed by atoms with Crippen LogP contribution < -0.4 is 9.64 Å². The lowest BCUT2D eigenvalue weighted by Gasteiger charge is -2.36. The van der Waals surface area contributed by atoms with Crippen molar-refractivity contribution in [2.24, 2.45) is 0 Å². The van der Waals surface area contributed by atoms with E-state index in [0.29, 0.717) is 31.8 Å². The fraction of sp³-hybridized carbons (Fsp3) is 0.458. The van der Waals surface area contributed by atoms with E-state index in [0.717, 1.165) is 16.8 Å². The van der Waals surface area contributed by atoms with Gasteiger partial charge >= 0.3 is 6.03 Å². The summed E-state index contributed by atoms with van der Waals surface area (Å²) >= 11 is 0. The molecule has 1 aliphatic heterocycles. The van der Waals surface area contributed by atoms with Gasteiger partial charge in [0.05, 0.1) is 12.2 Å². The number of halogens is 1. The Morgan fingerprint density at radius 1 is 1.16 bits per heavy atom. The number of methoxy groups -OCH3 is 1. The number of rotatable bonds is 8. The zero-order valence-corrected chi connectivity index (χ0v) is 18.8. The SMILES string of the molecule is COC1(c2cc(F)cc(OCc3ccc(N(C)C(=O)N(C)CCO)cc3)c2)CCOCC1. The molecule has 0 aliphatic carbocycles. The highest BCUT2D eigenvalue weighted by Gasteiger charge is 2.35. The number of aliphatic hydroxyl groups is 1. The Morgan fingerprint density at radius 3 is 2.47 bits per heavy atom. The second kappa shape index (κ2) is 10.8. The highest BCUT2D eigenvalue weighted by Crippen LogP contribution is 2.37. The molecular formula is C24H31FN2O5. The molecule has 0 saturated carbocycles. The van der Waals surface area contributed by atoms with Crippen molar-refractivity contribution < 1.29 is 28.5 Å². The Labute approximate surface area is 188 Å². The molecule has 2 aromatic carbocycles. The van der Waals surface area contributed by atoms with Crippen LogP contribution in [-0.2, 0) is 21.7 Å². The average Bonchev–Trinajstić information content (AvgIpc) is 2.82. The molecule has 0 atom stereocenters. The number of hydrogen-bond acceptors (Lipinski definition) is 5. The second-order valence-corrected chi connectivity index (χ2v) is 7.93. The van der Waals surface area contributed by atoms with Gasteiger partial charge in [0, 0.05) is 65.6 Å². The van der Waals surface area contributed by atoms with E-state index in [1.54, 1.807) is 21.2 Å². The van der Waals surface area contributed by atoms with Crippen LogP contribution in [0.1, 0.15) is 24.0 Å². The number of aliphatic hydroxyl groups excluding tert-OH is 1. The Hall–Kier alpha value is -2.68. The fourth-order valence-electron chi connectivity index (χ4n) is 3.82. The molecule has 1 heterocycles. The first-order valence-electron chi connectivity index (χ1n) is 10.6. The molecule has 1 fully saturated rings. The summed E-state index contributed by atoms with van der Waals surface area (Å²) < 4.78 is 31.4. The number of carbonyl (C=O) groups is 1. The molecule has 7 nitrogen and oxygen atoms in total. The van der Waals surface area contributed by atoms with Crippen LogP contribution in [0.4, 0.5) is 14.9 Å². The van der Waals surface area contributed by atoms with Gasteiger partial charge in [0.1, 0.15) is 18.2 Å². The van der Waals surface area contributed by atoms with E-state index >= 15 is 0 Å². The summed E-state index contributed by atoms with van der Waals surface area (Å²) in [6, 6.07) is 11.8. The molecule has 0 spiro atoms. The quantitative estimate of drug-likeness (QED) is 0.672. The van der Waals surface area contributed by atoms with Crippen LogP contribution in [0.25, 0.3) is 0 Å². The number of urea groups is 1. The van der Waals surface area contributed by atoms with Crippen LogP contribution >= 0.6 is 0 Å². The first kappa shape index (κ1) is 24.0. The van der Waals surface area contributed by atoms with Crippen molar-refractivity contribution in [2.45, 2.75) is 25.0 Å². The van der Waals surface area contributed by atoms with Crippen LogP contribution in [0.2, 0.25) is 0 Å². The number of benzene rings is 2. The molecule has 174 valence electrons. The van der Waals surface area contributed by atoms with Crippen LogP contribution in [-0.4, -0.2) is 63.6 Å². The Morgan fingerprint density at radius 2 is 1.84 bits per heavy atom. The summed E-state index contributed by atoms with van der Waals surface area (Å²) in [7, 11) is 4.96. The van der Waals surface area contributed by atoms with Crippen molar-refractivity contribution in [1.82, 2.24) is 4.90 Å². The van der Waals surface area contributed by atoms with Crippen molar-refractivity contribution in [3.05, 3.63) is 59.4 Å². The monoisotopic (exact) mass is 446 g/mol. The molecular weight excluding hydrogens is 415 g/mol. The number of hydrogen-bond donors (Lipinski definition) is 1. The Balaban J connectivity index is 1.67. The molecule has 0 bridgehead atoms. The van der Waals surface area contributed by atoms with E-state index < -0.39 is 5.60 Å². The highest BCUT2D eigenvalue weighted by atomic mass is 19.1. The third-order valence-electron chi connectivity index (χ3n) is 5.87. The lowest BCUT2D eigenvalue weighted by Crippen LogP contribution is -2.40. The van der Waals surface area contributed by atoms with E-state index in [1.807, 2.05) is 30.3 Å². The van der Waals surface area contributed by atoms with Gasteiger partial charge in [-0.15, -0.1) is 0 Å². The smallest absolute Gasteiger partial charge is 0.324 e. The van der Waals surface area contributed by atoms with E-state index in [-0.39, 0.29) is 31.6 Å². The first-order chi connectivity index (χ1) is 15.4. The van der Waals surface area contributed by atoms with Gasteiger partial charge in [-0.3, -0.25) is 4.90 Å². The minimum Gasteiger partial charge on any atom is -0.489 e. The van der Waals surface area contributed by atoms with Gasteiger partial charge in [-0.2, -0.15) is 0 Å². The topological polar surface area (TPSA) is 71.5 Å². The molecule has 8 heteroatoms. The van der Waals surface area contributed by atoms with E-state index in [4.69, 9.17) is 19.3 Å². The first-order valence-corrected chi connectivity index (χ1v) is 10.6. The van der Waals surface area contributed by atoms with Crippen molar-refractivity contribution in [2.75, 3.05) is 52.5 Å². The average molecular weight is 447 g/mol.